The zero-order chi connectivity index (χ0) is 19.7. The molecule has 0 radical (unpaired) electrons. The van der Waals surface area contributed by atoms with E-state index < -0.39 is 37.2 Å². The second-order valence-electron chi connectivity index (χ2n) is 6.80. The Morgan fingerprint density at radius 3 is 1.46 bits per heavy atom. The van der Waals surface area contributed by atoms with Crippen LogP contribution >= 0.6 is 0 Å². The number of hydrogen-bond acceptors (Lipinski definition) is 4. The summed E-state index contributed by atoms with van der Waals surface area (Å²) in [6, 6.07) is 0. The Balaban J connectivity index is -0.00000312. The van der Waals surface area contributed by atoms with E-state index in [1.807, 2.05) is 0 Å². The van der Waals surface area contributed by atoms with Gasteiger partial charge in [-0.2, -0.15) is 0 Å². The van der Waals surface area contributed by atoms with Crippen LogP contribution in [0.1, 0.15) is 96.8 Å². The predicted octanol–water partition coefficient (Wildman–Crippen LogP) is 4.91. The maximum absolute atomic E-state index is 12.2. The minimum absolute atomic E-state index is 0. The molecule has 0 heterocycles. The van der Waals surface area contributed by atoms with E-state index in [2.05, 4.69) is 10.7 Å². The molecular formula is C17H36NO5Rf2S3-. The van der Waals surface area contributed by atoms with Gasteiger partial charge in [-0.05, 0) is 17.5 Å². The summed E-state index contributed by atoms with van der Waals surface area (Å²) in [6.07, 6.45) is 16.7. The van der Waals surface area contributed by atoms with E-state index in [4.69, 9.17) is 4.55 Å². The van der Waals surface area contributed by atoms with Crippen molar-refractivity contribution in [2.45, 2.75) is 96.8 Å². The zero-order valence-corrected chi connectivity index (χ0v) is 32.7. The van der Waals surface area contributed by atoms with Crippen LogP contribution in [0.2, 0.25) is 0 Å². The van der Waals surface area contributed by atoms with Crippen LogP contribution in [0, 0.1) is 0 Å². The predicted molar refractivity (Wildman–Crippen MR) is 110 cm³/mol. The van der Waals surface area contributed by atoms with Crippen molar-refractivity contribution in [2.75, 3.05) is 10.8 Å². The van der Waals surface area contributed by atoms with E-state index in [1.165, 1.54) is 64.2 Å². The summed E-state index contributed by atoms with van der Waals surface area (Å²) in [5.41, 5.74) is 0. The van der Waals surface area contributed by atoms with Crippen molar-refractivity contribution in [1.82, 2.24) is 0 Å². The monoisotopic (exact) mass is 964 g/mol. The second-order valence-corrected chi connectivity index (χ2v) is 11.4. The van der Waals surface area contributed by atoms with Crippen molar-refractivity contribution < 1.29 is 21.7 Å². The van der Waals surface area contributed by atoms with Crippen LogP contribution in [0.25, 0.3) is 0 Å². The summed E-state index contributed by atoms with van der Waals surface area (Å²) >= 11 is -5.13. The van der Waals surface area contributed by atoms with Gasteiger partial charge < -0.3 is 4.55 Å². The van der Waals surface area contributed by atoms with Gasteiger partial charge in [-0.3, -0.25) is 8.76 Å². The molecule has 0 aromatic rings. The molecule has 0 rings (SSSR count). The van der Waals surface area contributed by atoms with E-state index in [-0.39, 0.29) is 5.75 Å². The first kappa shape index (κ1) is 30.9. The molecule has 0 saturated carbocycles. The van der Waals surface area contributed by atoms with Crippen molar-refractivity contribution in [3.05, 3.63) is 0 Å². The first-order valence-electron chi connectivity index (χ1n) is 9.79. The Morgan fingerprint density at radius 1 is 0.786 bits per heavy atom. The summed E-state index contributed by atoms with van der Waals surface area (Å²) < 4.78 is 56.3. The van der Waals surface area contributed by atoms with Crippen LogP contribution in [0.15, 0.2) is 3.77 Å². The normalized spacial score (nSPS) is 15.0. The van der Waals surface area contributed by atoms with Gasteiger partial charge in [0.25, 0.3) is 11.3 Å². The Hall–Kier alpha value is -1.83. The van der Waals surface area contributed by atoms with Crippen LogP contribution in [-0.2, 0) is 32.1 Å². The maximum Gasteiger partial charge on any atom is 0.290 e. The molecule has 6 nitrogen and oxygen atoms in total. The van der Waals surface area contributed by atoms with Crippen molar-refractivity contribution in [3.8, 4) is 0 Å². The fourth-order valence-electron chi connectivity index (χ4n) is 2.91. The van der Waals surface area contributed by atoms with Crippen LogP contribution < -0.4 is 0 Å². The standard InChI is InChI=1S/C17H37NO5S3.2Rf/c1-2-3-4-5-6-7-8-9-10-11-12-13-14-15-16-26(23,17-24(19)20)18-25(21)22;;/h2-17H2,1H3,(H,19,20)(H,21,22);;/p-1. The topological polar surface area (TPSA) is 107 Å². The molecule has 0 aliphatic carbocycles. The molecule has 0 bridgehead atoms. The fourth-order valence-corrected chi connectivity index (χ4v) is 7.02. The molecule has 0 fully saturated rings. The molecule has 0 amide bonds. The second kappa shape index (κ2) is 19.9. The van der Waals surface area contributed by atoms with E-state index in [0.29, 0.717) is 6.42 Å². The van der Waals surface area contributed by atoms with E-state index in [0.717, 1.165) is 19.3 Å². The van der Waals surface area contributed by atoms with Crippen LogP contribution in [0.5, 0.6) is 0 Å². The van der Waals surface area contributed by atoms with E-state index in [1.54, 1.807) is 0 Å². The van der Waals surface area contributed by atoms with Gasteiger partial charge in [0, 0.05) is 5.75 Å². The van der Waals surface area contributed by atoms with Gasteiger partial charge in [0.2, 0.25) is 0 Å². The maximum atomic E-state index is 12.2. The SMILES string of the molecule is CCCCCCCCCCCCCCCCS(=O)(CS(=O)[O-])=NS(=O)O.[Rf].[Rf]. The van der Waals surface area contributed by atoms with Crippen molar-refractivity contribution in [2.24, 2.45) is 3.77 Å². The molecule has 0 spiro atoms. The summed E-state index contributed by atoms with van der Waals surface area (Å²) in [6.45, 7) is 2.24. The first-order chi connectivity index (χ1) is 12.4. The minimum atomic E-state index is -3.14. The van der Waals surface area contributed by atoms with Gasteiger partial charge in [0.05, 0.1) is 14.8 Å². The number of hydrogen-bond donors (Lipinski definition) is 1. The number of nitrogens with zero attached hydrogens (tertiary/aromatic N) is 1. The van der Waals surface area contributed by atoms with Crippen LogP contribution in [0.3, 0.4) is 0 Å². The Labute approximate surface area is 165 Å². The van der Waals surface area contributed by atoms with Gasteiger partial charge >= 0.3 is 0 Å². The molecule has 28 heavy (non-hydrogen) atoms. The van der Waals surface area contributed by atoms with Gasteiger partial charge in [-0.15, -0.1) is 3.77 Å². The third kappa shape index (κ3) is 20.5. The molecule has 0 aromatic carbocycles. The molecule has 11 heteroatoms. The summed E-state index contributed by atoms with van der Waals surface area (Å²) in [7, 11) is -3.14. The van der Waals surface area contributed by atoms with Gasteiger partial charge in [0.1, 0.15) is 0 Å². The molecule has 0 aromatic heterocycles. The molecule has 0 aliphatic heterocycles. The first-order valence-corrected chi connectivity index (χ1v) is 13.9. The fraction of sp³-hybridized carbons (Fsp3) is 1.00. The molecule has 1 N–H and O–H groups in total. The molecule has 0 saturated heterocycles. The quantitative estimate of drug-likeness (QED) is 0.156. The Kier molecular flexibility index (Phi) is 22.0. The molecular weight excluding hydrogens is 928 g/mol. The van der Waals surface area contributed by atoms with Gasteiger partial charge in [-0.1, -0.05) is 90.4 Å². The minimum Gasteiger partial charge on any atom is -0.772 e. The van der Waals surface area contributed by atoms with Crippen molar-refractivity contribution in [1.29, 1.82) is 0 Å². The third-order valence-corrected chi connectivity index (χ3v) is 9.06. The van der Waals surface area contributed by atoms with E-state index in [9.17, 15) is 17.2 Å². The average Bonchev–Trinajstić information content (AvgIpc) is 2.53. The molecule has 3 unspecified atom stereocenters. The molecule has 162 valence electrons. The average molecular weight is 965 g/mol. The zero-order valence-electron chi connectivity index (χ0n) is 17.5. The van der Waals surface area contributed by atoms with E-state index >= 15 is 0 Å². The van der Waals surface area contributed by atoms with Gasteiger partial charge in [0.15, 0.2) is 0 Å². The number of rotatable bonds is 18. The molecule has 0 aliphatic rings. The largest absolute Gasteiger partial charge is 0.772 e. The van der Waals surface area contributed by atoms with Crippen LogP contribution in [0.4, 0.5) is 0 Å². The van der Waals surface area contributed by atoms with Crippen molar-refractivity contribution in [3.63, 3.8) is 0 Å². The van der Waals surface area contributed by atoms with Gasteiger partial charge in [-0.25, -0.2) is 8.42 Å². The molecule has 3 atom stereocenters. The summed E-state index contributed by atoms with van der Waals surface area (Å²) in [5.74, 6) is 0.0608. The third-order valence-electron chi connectivity index (χ3n) is 4.30. The Bertz CT molecular complexity index is 515. The summed E-state index contributed by atoms with van der Waals surface area (Å²) in [4.78, 5) is 0. The number of unbranched alkanes of at least 4 members (excludes halogenated alkanes) is 13. The Morgan fingerprint density at radius 2 is 1.14 bits per heavy atom. The van der Waals surface area contributed by atoms with Crippen molar-refractivity contribution >= 4 is 32.1 Å². The smallest absolute Gasteiger partial charge is 0.290 e. The summed E-state index contributed by atoms with van der Waals surface area (Å²) in [5, 5.41) is -0.669. The van der Waals surface area contributed by atoms with Crippen LogP contribution in [-0.4, -0.2) is 32.6 Å².